The van der Waals surface area contributed by atoms with E-state index >= 15 is 0 Å². The molecular formula is C18H17NO3. The van der Waals surface area contributed by atoms with E-state index in [0.29, 0.717) is 11.3 Å². The second-order valence-corrected chi connectivity index (χ2v) is 5.80. The molecule has 1 heterocycles. The number of rotatable bonds is 1. The van der Waals surface area contributed by atoms with Crippen LogP contribution in [0.25, 0.3) is 0 Å². The number of phenols is 2. The Morgan fingerprint density at radius 3 is 2.36 bits per heavy atom. The number of hydrogen-bond donors (Lipinski definition) is 2. The first kappa shape index (κ1) is 14.3. The summed E-state index contributed by atoms with van der Waals surface area (Å²) in [6.45, 7) is 4.15. The van der Waals surface area contributed by atoms with Crippen molar-refractivity contribution < 1.29 is 14.9 Å². The number of aromatic hydroxyl groups is 2. The van der Waals surface area contributed by atoms with Gasteiger partial charge in [-0.15, -0.1) is 0 Å². The quantitative estimate of drug-likeness (QED) is 0.838. The Balaban J connectivity index is 2.08. The summed E-state index contributed by atoms with van der Waals surface area (Å²) in [5.41, 5.74) is 2.16. The predicted molar refractivity (Wildman–Crippen MR) is 81.9 cm³/mol. The van der Waals surface area contributed by atoms with Gasteiger partial charge in [0.05, 0.1) is 5.56 Å². The van der Waals surface area contributed by atoms with Crippen LogP contribution in [0.15, 0.2) is 36.4 Å². The number of benzene rings is 2. The molecular weight excluding hydrogens is 278 g/mol. The van der Waals surface area contributed by atoms with Gasteiger partial charge in [0.1, 0.15) is 29.4 Å². The molecule has 22 heavy (non-hydrogen) atoms. The Morgan fingerprint density at radius 1 is 1.05 bits per heavy atom. The maximum absolute atomic E-state index is 9.78. The van der Waals surface area contributed by atoms with Crippen LogP contribution >= 0.6 is 0 Å². The van der Waals surface area contributed by atoms with Crippen LogP contribution < -0.4 is 4.74 Å². The van der Waals surface area contributed by atoms with Gasteiger partial charge in [-0.1, -0.05) is 26.0 Å². The third-order valence-corrected chi connectivity index (χ3v) is 4.45. The second kappa shape index (κ2) is 5.27. The molecule has 4 heteroatoms. The Hall–Kier alpha value is -2.67. The van der Waals surface area contributed by atoms with E-state index in [4.69, 9.17) is 4.74 Å². The molecule has 2 aromatic rings. The highest BCUT2D eigenvalue weighted by Crippen LogP contribution is 2.48. The van der Waals surface area contributed by atoms with E-state index in [1.165, 1.54) is 6.07 Å². The van der Waals surface area contributed by atoms with Crippen molar-refractivity contribution in [3.8, 4) is 23.3 Å². The molecule has 2 aromatic carbocycles. The van der Waals surface area contributed by atoms with Crippen LogP contribution in [0.4, 0.5) is 0 Å². The number of nitrogens with zero attached hydrogens (tertiary/aromatic N) is 1. The highest BCUT2D eigenvalue weighted by Gasteiger charge is 2.35. The molecule has 0 spiro atoms. The maximum atomic E-state index is 9.78. The monoisotopic (exact) mass is 295 g/mol. The number of hydrogen-bond acceptors (Lipinski definition) is 4. The lowest BCUT2D eigenvalue weighted by Gasteiger charge is -2.37. The summed E-state index contributed by atoms with van der Waals surface area (Å²) in [5.74, 6) is 1.15. The first-order valence-electron chi connectivity index (χ1n) is 7.24. The molecule has 4 nitrogen and oxygen atoms in total. The van der Waals surface area contributed by atoms with Crippen LogP contribution in [0.2, 0.25) is 0 Å². The molecule has 2 N–H and O–H groups in total. The van der Waals surface area contributed by atoms with E-state index in [0.717, 1.165) is 11.1 Å². The molecule has 1 aliphatic rings. The van der Waals surface area contributed by atoms with Crippen molar-refractivity contribution >= 4 is 0 Å². The molecule has 0 amide bonds. The van der Waals surface area contributed by atoms with Crippen LogP contribution in [0, 0.1) is 17.2 Å². The maximum Gasteiger partial charge on any atom is 0.141 e. The Morgan fingerprint density at radius 2 is 1.73 bits per heavy atom. The fourth-order valence-electron chi connectivity index (χ4n) is 3.00. The minimum atomic E-state index is -0.195. The molecule has 0 aliphatic carbocycles. The number of ether oxygens (including phenoxy) is 1. The van der Waals surface area contributed by atoms with Gasteiger partial charge in [-0.2, -0.15) is 5.26 Å². The van der Waals surface area contributed by atoms with E-state index < -0.39 is 0 Å². The third kappa shape index (κ3) is 2.25. The van der Waals surface area contributed by atoms with E-state index in [9.17, 15) is 15.5 Å². The van der Waals surface area contributed by atoms with E-state index in [1.54, 1.807) is 18.2 Å². The zero-order valence-electron chi connectivity index (χ0n) is 12.4. The molecule has 0 fully saturated rings. The summed E-state index contributed by atoms with van der Waals surface area (Å²) in [7, 11) is 0. The molecule has 0 radical (unpaired) electrons. The van der Waals surface area contributed by atoms with Gasteiger partial charge in [0.15, 0.2) is 0 Å². The molecule has 1 aliphatic heterocycles. The van der Waals surface area contributed by atoms with Gasteiger partial charge >= 0.3 is 0 Å². The predicted octanol–water partition coefficient (Wildman–Crippen LogP) is 3.84. The fourth-order valence-corrected chi connectivity index (χ4v) is 3.00. The molecule has 0 bridgehead atoms. The highest BCUT2D eigenvalue weighted by atomic mass is 16.5. The van der Waals surface area contributed by atoms with Crippen LogP contribution in [-0.4, -0.2) is 10.2 Å². The Bertz CT molecular complexity index is 746. The average Bonchev–Trinajstić information content (AvgIpc) is 2.51. The van der Waals surface area contributed by atoms with Gasteiger partial charge in [0.2, 0.25) is 0 Å². The van der Waals surface area contributed by atoms with Crippen molar-refractivity contribution in [3.63, 3.8) is 0 Å². The van der Waals surface area contributed by atoms with Crippen molar-refractivity contribution in [1.29, 1.82) is 5.26 Å². The summed E-state index contributed by atoms with van der Waals surface area (Å²) in [4.78, 5) is 0. The molecule has 112 valence electrons. The topological polar surface area (TPSA) is 73.5 Å². The highest BCUT2D eigenvalue weighted by molar-refractivity contribution is 5.55. The van der Waals surface area contributed by atoms with Crippen LogP contribution in [0.3, 0.4) is 0 Å². The van der Waals surface area contributed by atoms with Gasteiger partial charge in [-0.25, -0.2) is 0 Å². The summed E-state index contributed by atoms with van der Waals surface area (Å²) in [6.07, 6.45) is -0.195. The fraction of sp³-hybridized carbons (Fsp3) is 0.278. The first-order chi connectivity index (χ1) is 10.5. The lowest BCUT2D eigenvalue weighted by molar-refractivity contribution is 0.106. The molecule has 3 rings (SSSR count). The number of fused-ring (bicyclic) bond motifs is 1. The minimum absolute atomic E-state index is 0.0843. The Labute approximate surface area is 129 Å². The zero-order chi connectivity index (χ0) is 15.9. The van der Waals surface area contributed by atoms with E-state index in [1.807, 2.05) is 12.1 Å². The second-order valence-electron chi connectivity index (χ2n) is 5.80. The molecule has 1 unspecified atom stereocenters. The summed E-state index contributed by atoms with van der Waals surface area (Å²) >= 11 is 0. The molecule has 0 saturated heterocycles. The number of phenolic OH excluding ortho intramolecular Hbond substituents is 2. The summed E-state index contributed by atoms with van der Waals surface area (Å²) in [5, 5.41) is 28.5. The van der Waals surface area contributed by atoms with Crippen molar-refractivity contribution in [2.24, 2.45) is 5.92 Å². The van der Waals surface area contributed by atoms with Crippen molar-refractivity contribution in [2.75, 3.05) is 0 Å². The smallest absolute Gasteiger partial charge is 0.141 e. The van der Waals surface area contributed by atoms with Crippen LogP contribution in [0.1, 0.15) is 42.6 Å². The Kier molecular flexibility index (Phi) is 3.42. The summed E-state index contributed by atoms with van der Waals surface area (Å²) < 4.78 is 6.10. The van der Waals surface area contributed by atoms with Gasteiger partial charge in [-0.05, 0) is 29.7 Å². The lowest BCUT2D eigenvalue weighted by atomic mass is 9.79. The normalized spacial score (nSPS) is 23.2. The van der Waals surface area contributed by atoms with Gasteiger partial charge in [0.25, 0.3) is 0 Å². The third-order valence-electron chi connectivity index (χ3n) is 4.45. The zero-order valence-corrected chi connectivity index (χ0v) is 12.4. The van der Waals surface area contributed by atoms with Crippen LogP contribution in [-0.2, 0) is 0 Å². The summed E-state index contributed by atoms with van der Waals surface area (Å²) in [6, 6.07) is 12.1. The number of nitriles is 1. The SMILES string of the molecule is CC1c2cc(O)cc(C#N)c2O[C@@H](c2ccc(O)cc2)[C@H]1C. The van der Waals surface area contributed by atoms with E-state index in [2.05, 4.69) is 19.9 Å². The first-order valence-corrected chi connectivity index (χ1v) is 7.24. The lowest BCUT2D eigenvalue weighted by Crippen LogP contribution is -2.27. The van der Waals surface area contributed by atoms with Gasteiger partial charge in [-0.3, -0.25) is 0 Å². The van der Waals surface area contributed by atoms with Gasteiger partial charge in [0, 0.05) is 17.5 Å². The molecule has 3 atom stereocenters. The van der Waals surface area contributed by atoms with Gasteiger partial charge < -0.3 is 14.9 Å². The van der Waals surface area contributed by atoms with Crippen molar-refractivity contribution in [2.45, 2.75) is 25.9 Å². The standard InChI is InChI=1S/C18H17NO3/c1-10-11(2)17(12-3-5-14(20)6-4-12)22-18-13(9-19)7-15(21)8-16(10)18/h3-8,10-11,17,20-21H,1-2H3/t10?,11-,17+/m0/s1. The minimum Gasteiger partial charge on any atom is -0.508 e. The van der Waals surface area contributed by atoms with Crippen LogP contribution in [0.5, 0.6) is 17.2 Å². The van der Waals surface area contributed by atoms with Crippen molar-refractivity contribution in [1.82, 2.24) is 0 Å². The van der Waals surface area contributed by atoms with Crippen molar-refractivity contribution in [3.05, 3.63) is 53.1 Å². The molecule has 0 aromatic heterocycles. The van der Waals surface area contributed by atoms with E-state index in [-0.39, 0.29) is 29.4 Å². The largest absolute Gasteiger partial charge is 0.508 e. The average molecular weight is 295 g/mol. The molecule has 0 saturated carbocycles.